The molecular formula is C13H9NO2. The molecule has 1 aliphatic heterocycles. The van der Waals surface area contributed by atoms with E-state index in [2.05, 4.69) is 5.32 Å². The molecule has 2 aromatic carbocycles. The summed E-state index contributed by atoms with van der Waals surface area (Å²) in [6, 6.07) is 9.22. The van der Waals surface area contributed by atoms with Gasteiger partial charge in [-0.15, -0.1) is 0 Å². The van der Waals surface area contributed by atoms with Gasteiger partial charge in [0.05, 0.1) is 5.56 Å². The summed E-state index contributed by atoms with van der Waals surface area (Å²) >= 11 is 0. The van der Waals surface area contributed by atoms with Gasteiger partial charge in [-0.1, -0.05) is 12.1 Å². The number of carboxylic acids is 1. The number of nitrogens with one attached hydrogen (secondary N) is 1. The molecule has 0 aliphatic carbocycles. The lowest BCUT2D eigenvalue weighted by Gasteiger charge is -2.14. The first-order valence-corrected chi connectivity index (χ1v) is 4.99. The second kappa shape index (κ2) is 3.10. The van der Waals surface area contributed by atoms with Crippen LogP contribution in [0.4, 0.5) is 5.69 Å². The van der Waals surface area contributed by atoms with Gasteiger partial charge in [0.15, 0.2) is 0 Å². The maximum absolute atomic E-state index is 11.0. The van der Waals surface area contributed by atoms with Gasteiger partial charge in [0, 0.05) is 17.3 Å². The Labute approximate surface area is 92.0 Å². The third-order valence-corrected chi connectivity index (χ3v) is 2.76. The highest BCUT2D eigenvalue weighted by atomic mass is 16.4. The normalized spacial score (nSPS) is 12.5. The fourth-order valence-electron chi connectivity index (χ4n) is 2.06. The molecule has 0 fully saturated rings. The highest BCUT2D eigenvalue weighted by molar-refractivity contribution is 6.05. The lowest BCUT2D eigenvalue weighted by molar-refractivity contribution is 0.0697. The fourth-order valence-corrected chi connectivity index (χ4v) is 2.06. The lowest BCUT2D eigenvalue weighted by atomic mass is 9.98. The molecule has 0 bridgehead atoms. The Kier molecular flexibility index (Phi) is 1.74. The van der Waals surface area contributed by atoms with E-state index in [1.54, 1.807) is 12.1 Å². The van der Waals surface area contributed by atoms with Crippen LogP contribution in [0.2, 0.25) is 0 Å². The third kappa shape index (κ3) is 1.18. The number of benzene rings is 2. The van der Waals surface area contributed by atoms with E-state index in [1.165, 1.54) is 0 Å². The molecule has 0 saturated carbocycles. The number of anilines is 1. The Morgan fingerprint density at radius 2 is 2.12 bits per heavy atom. The summed E-state index contributed by atoms with van der Waals surface area (Å²) < 4.78 is 0. The average Bonchev–Trinajstić information content (AvgIpc) is 2.29. The monoisotopic (exact) mass is 211 g/mol. The van der Waals surface area contributed by atoms with E-state index >= 15 is 0 Å². The van der Waals surface area contributed by atoms with Crippen molar-refractivity contribution in [2.45, 2.75) is 0 Å². The van der Waals surface area contributed by atoms with Crippen molar-refractivity contribution in [1.29, 1.82) is 0 Å². The summed E-state index contributed by atoms with van der Waals surface area (Å²) in [4.78, 5) is 11.0. The van der Waals surface area contributed by atoms with Crippen LogP contribution in [-0.4, -0.2) is 11.1 Å². The van der Waals surface area contributed by atoms with Gasteiger partial charge in [-0.2, -0.15) is 0 Å². The Hall–Kier alpha value is -2.29. The number of hydrogen-bond acceptors (Lipinski definition) is 2. The molecule has 3 rings (SSSR count). The molecule has 2 aromatic rings. The van der Waals surface area contributed by atoms with Crippen molar-refractivity contribution < 1.29 is 9.90 Å². The van der Waals surface area contributed by atoms with Crippen LogP contribution in [-0.2, 0) is 0 Å². The summed E-state index contributed by atoms with van der Waals surface area (Å²) in [5.74, 6) is -0.893. The molecule has 0 unspecified atom stereocenters. The Morgan fingerprint density at radius 1 is 1.25 bits per heavy atom. The van der Waals surface area contributed by atoms with E-state index in [0.717, 1.165) is 22.0 Å². The lowest BCUT2D eigenvalue weighted by Crippen LogP contribution is -2.00. The van der Waals surface area contributed by atoms with Gasteiger partial charge in [0.2, 0.25) is 0 Å². The predicted molar refractivity (Wildman–Crippen MR) is 63.6 cm³/mol. The van der Waals surface area contributed by atoms with E-state index in [4.69, 9.17) is 5.11 Å². The second-order valence-electron chi connectivity index (χ2n) is 3.75. The number of aromatic carboxylic acids is 1. The van der Waals surface area contributed by atoms with Gasteiger partial charge in [-0.25, -0.2) is 4.79 Å². The maximum atomic E-state index is 11.0. The number of carboxylic acid groups (broad SMARTS) is 1. The average molecular weight is 211 g/mol. The third-order valence-electron chi connectivity index (χ3n) is 2.76. The first-order valence-electron chi connectivity index (χ1n) is 4.99. The molecule has 1 aliphatic rings. The molecule has 0 amide bonds. The molecule has 0 radical (unpaired) electrons. The van der Waals surface area contributed by atoms with Gasteiger partial charge in [0.1, 0.15) is 0 Å². The van der Waals surface area contributed by atoms with Gasteiger partial charge in [0.25, 0.3) is 0 Å². The quantitative estimate of drug-likeness (QED) is 0.762. The van der Waals surface area contributed by atoms with E-state index in [9.17, 15) is 4.79 Å². The van der Waals surface area contributed by atoms with Crippen molar-refractivity contribution in [3.8, 4) is 0 Å². The Morgan fingerprint density at radius 3 is 2.94 bits per heavy atom. The van der Waals surface area contributed by atoms with Gasteiger partial charge in [-0.05, 0) is 35.2 Å². The van der Waals surface area contributed by atoms with Crippen molar-refractivity contribution in [3.63, 3.8) is 0 Å². The van der Waals surface area contributed by atoms with Gasteiger partial charge >= 0.3 is 5.97 Å². The molecule has 0 atom stereocenters. The minimum Gasteiger partial charge on any atom is -0.478 e. The van der Waals surface area contributed by atoms with Crippen molar-refractivity contribution in [1.82, 2.24) is 0 Å². The predicted octanol–water partition coefficient (Wildman–Crippen LogP) is 2.93. The number of carbonyl (C=O) groups is 1. The minimum absolute atomic E-state index is 0.325. The van der Waals surface area contributed by atoms with E-state index < -0.39 is 5.97 Å². The first-order chi connectivity index (χ1) is 7.75. The first kappa shape index (κ1) is 8.97. The van der Waals surface area contributed by atoms with Gasteiger partial charge in [-0.3, -0.25) is 0 Å². The molecule has 78 valence electrons. The van der Waals surface area contributed by atoms with Crippen LogP contribution in [0.15, 0.2) is 36.5 Å². The van der Waals surface area contributed by atoms with Crippen molar-refractivity contribution in [2.24, 2.45) is 0 Å². The Bertz CT molecular complexity index is 629. The zero-order valence-corrected chi connectivity index (χ0v) is 8.40. The molecule has 3 nitrogen and oxygen atoms in total. The second-order valence-corrected chi connectivity index (χ2v) is 3.75. The van der Waals surface area contributed by atoms with Crippen LogP contribution in [0.1, 0.15) is 15.9 Å². The molecule has 3 heteroatoms. The minimum atomic E-state index is -0.893. The Balaban J connectivity index is 2.43. The van der Waals surface area contributed by atoms with Crippen LogP contribution in [0, 0.1) is 0 Å². The molecule has 1 heterocycles. The summed E-state index contributed by atoms with van der Waals surface area (Å²) in [5, 5.41) is 14.2. The van der Waals surface area contributed by atoms with Gasteiger partial charge < -0.3 is 10.4 Å². The van der Waals surface area contributed by atoms with Crippen molar-refractivity contribution in [2.75, 3.05) is 5.32 Å². The highest BCUT2D eigenvalue weighted by Crippen LogP contribution is 2.32. The molecular weight excluding hydrogens is 202 g/mol. The zero-order chi connectivity index (χ0) is 11.1. The smallest absolute Gasteiger partial charge is 0.335 e. The summed E-state index contributed by atoms with van der Waals surface area (Å²) in [7, 11) is 0. The zero-order valence-electron chi connectivity index (χ0n) is 8.40. The topological polar surface area (TPSA) is 49.3 Å². The van der Waals surface area contributed by atoms with Crippen LogP contribution < -0.4 is 5.32 Å². The standard InChI is InChI=1S/C13H9NO2/c15-13(16)10-6-8-2-1-3-11-12(8)9(7-10)4-5-14-11/h1-7,14H,(H,15,16). The number of hydrogen-bond donors (Lipinski definition) is 2. The molecule has 0 saturated heterocycles. The maximum Gasteiger partial charge on any atom is 0.335 e. The fraction of sp³-hybridized carbons (Fsp3) is 0. The van der Waals surface area contributed by atoms with E-state index in [1.807, 2.05) is 30.5 Å². The van der Waals surface area contributed by atoms with Crippen molar-refractivity contribution in [3.05, 3.63) is 47.7 Å². The van der Waals surface area contributed by atoms with Crippen LogP contribution in [0.25, 0.3) is 16.8 Å². The van der Waals surface area contributed by atoms with Crippen LogP contribution in [0.5, 0.6) is 0 Å². The molecule has 16 heavy (non-hydrogen) atoms. The highest BCUT2D eigenvalue weighted by Gasteiger charge is 2.12. The largest absolute Gasteiger partial charge is 0.478 e. The molecule has 0 spiro atoms. The van der Waals surface area contributed by atoms with E-state index in [0.29, 0.717) is 5.56 Å². The van der Waals surface area contributed by atoms with Crippen molar-refractivity contribution >= 4 is 28.5 Å². The summed E-state index contributed by atoms with van der Waals surface area (Å²) in [6.07, 6.45) is 3.71. The van der Waals surface area contributed by atoms with Crippen LogP contribution in [0.3, 0.4) is 0 Å². The molecule has 2 N–H and O–H groups in total. The van der Waals surface area contributed by atoms with E-state index in [-0.39, 0.29) is 0 Å². The van der Waals surface area contributed by atoms with Crippen LogP contribution >= 0.6 is 0 Å². The summed E-state index contributed by atoms with van der Waals surface area (Å²) in [5.41, 5.74) is 2.29. The SMILES string of the molecule is O=C(O)c1cc2c3c(cccc3c1)NC=C2. The number of rotatable bonds is 1. The molecule has 0 aromatic heterocycles. The summed E-state index contributed by atoms with van der Waals surface area (Å²) in [6.45, 7) is 0.